The van der Waals surface area contributed by atoms with E-state index in [1.807, 2.05) is 18.2 Å². The third-order valence-corrected chi connectivity index (χ3v) is 9.34. The summed E-state index contributed by atoms with van der Waals surface area (Å²) in [6.45, 7) is 4.96. The Morgan fingerprint density at radius 1 is 1.08 bits per heavy atom. The molecule has 0 spiro atoms. The first-order valence-electron chi connectivity index (χ1n) is 13.9. The molecule has 1 aromatic heterocycles. The van der Waals surface area contributed by atoms with Gasteiger partial charge < -0.3 is 15.3 Å². The number of carbonyl (C=O) groups is 1. The molecule has 2 heterocycles. The second-order valence-corrected chi connectivity index (χ2v) is 11.9. The molecule has 38 heavy (non-hydrogen) atoms. The highest BCUT2D eigenvalue weighted by molar-refractivity contribution is 5.84. The Balaban J connectivity index is 1.23. The number of amides is 1. The maximum atomic E-state index is 14.0. The van der Waals surface area contributed by atoms with Gasteiger partial charge in [-0.1, -0.05) is 26.0 Å². The van der Waals surface area contributed by atoms with E-state index >= 15 is 0 Å². The molecule has 206 valence electrons. The number of hydrogen-bond donors (Lipinski definition) is 2. The molecule has 8 heteroatoms. The molecule has 2 atom stereocenters. The number of fused-ring (bicyclic) bond motifs is 1. The molecule has 2 N–H and O–H groups in total. The Morgan fingerprint density at radius 3 is 2.47 bits per heavy atom. The van der Waals surface area contributed by atoms with Crippen LogP contribution in [0.1, 0.15) is 81.2 Å². The smallest absolute Gasteiger partial charge is 0.384 e. The second kappa shape index (κ2) is 10.3. The predicted molar refractivity (Wildman–Crippen MR) is 139 cm³/mol. The van der Waals surface area contributed by atoms with Crippen molar-refractivity contribution < 1.29 is 23.1 Å². The first-order chi connectivity index (χ1) is 18.0. The summed E-state index contributed by atoms with van der Waals surface area (Å²) in [6, 6.07) is 10.0. The van der Waals surface area contributed by atoms with Crippen LogP contribution in [0.15, 0.2) is 42.6 Å². The van der Waals surface area contributed by atoms with Crippen LogP contribution in [0.5, 0.6) is 0 Å². The number of halogens is 3. The van der Waals surface area contributed by atoms with Crippen LogP contribution in [0.3, 0.4) is 0 Å². The van der Waals surface area contributed by atoms with Crippen LogP contribution < -0.4 is 5.32 Å². The molecule has 0 bridgehead atoms. The maximum absolute atomic E-state index is 14.0. The Labute approximate surface area is 222 Å². The van der Waals surface area contributed by atoms with Gasteiger partial charge in [0.15, 0.2) is 0 Å². The van der Waals surface area contributed by atoms with Crippen molar-refractivity contribution in [2.75, 3.05) is 6.54 Å². The van der Waals surface area contributed by atoms with Crippen LogP contribution in [0.4, 0.5) is 13.2 Å². The van der Waals surface area contributed by atoms with E-state index in [0.717, 1.165) is 49.4 Å². The Morgan fingerprint density at radius 2 is 1.82 bits per heavy atom. The van der Waals surface area contributed by atoms with Gasteiger partial charge in [-0.2, -0.15) is 13.2 Å². The lowest BCUT2D eigenvalue weighted by Crippen LogP contribution is -2.49. The molecule has 5 nitrogen and oxygen atoms in total. The summed E-state index contributed by atoms with van der Waals surface area (Å²) in [5.74, 6) is 0.207. The van der Waals surface area contributed by atoms with E-state index in [-0.39, 0.29) is 30.5 Å². The van der Waals surface area contributed by atoms with Crippen molar-refractivity contribution in [1.29, 1.82) is 0 Å². The normalized spacial score (nSPS) is 29.9. The molecule has 0 saturated heterocycles. The van der Waals surface area contributed by atoms with Gasteiger partial charge in [0, 0.05) is 31.4 Å². The number of aromatic nitrogens is 1. The van der Waals surface area contributed by atoms with E-state index in [4.69, 9.17) is 0 Å². The highest BCUT2D eigenvalue weighted by Gasteiger charge is 2.50. The minimum atomic E-state index is -4.39. The molecular formula is C30H38F3N3O2. The van der Waals surface area contributed by atoms with Gasteiger partial charge >= 0.3 is 6.18 Å². The number of carbonyl (C=O) groups excluding carboxylic acids is 1. The average molecular weight is 530 g/mol. The number of hydrogen-bond acceptors (Lipinski definition) is 4. The maximum Gasteiger partial charge on any atom is 0.416 e. The van der Waals surface area contributed by atoms with Gasteiger partial charge in [0.1, 0.15) is 5.60 Å². The molecule has 1 aromatic carbocycles. The fraction of sp³-hybridized carbons (Fsp3) is 0.600. The number of alkyl halides is 3. The molecular weight excluding hydrogens is 491 g/mol. The van der Waals surface area contributed by atoms with Crippen LogP contribution in [0, 0.1) is 11.3 Å². The molecule has 0 radical (unpaired) electrons. The summed E-state index contributed by atoms with van der Waals surface area (Å²) >= 11 is 0. The number of pyridine rings is 1. The highest BCUT2D eigenvalue weighted by Crippen LogP contribution is 2.47. The van der Waals surface area contributed by atoms with E-state index < -0.39 is 22.8 Å². The Kier molecular flexibility index (Phi) is 7.33. The van der Waals surface area contributed by atoms with Crippen LogP contribution in [0.25, 0.3) is 0 Å². The number of nitrogens with one attached hydrogen (secondary N) is 1. The van der Waals surface area contributed by atoms with Crippen molar-refractivity contribution in [3.63, 3.8) is 0 Å². The lowest BCUT2D eigenvalue weighted by Gasteiger charge is -2.40. The van der Waals surface area contributed by atoms with Gasteiger partial charge in [0.05, 0.1) is 16.7 Å². The summed E-state index contributed by atoms with van der Waals surface area (Å²) < 4.78 is 39.9. The standard InChI is InChI=1S/C30H38F3N3O2/c1-20(2)28(27(37)36-16-11-21-6-7-23(30(31,32)33)17-22(21)19-36)12-8-25(18-28)35-24-9-13-29(38,14-10-24)26-5-3-4-15-34-26/h3-7,15,17,20,24-25,35,38H,8-14,16,18-19H2,1-2H3/t24?,25-,28+,29?/m1/s1. The lowest BCUT2D eigenvalue weighted by molar-refractivity contribution is -0.145. The summed E-state index contributed by atoms with van der Waals surface area (Å²) in [7, 11) is 0. The number of aliphatic hydroxyl groups is 1. The Bertz CT molecular complexity index is 1150. The highest BCUT2D eigenvalue weighted by atomic mass is 19.4. The first kappa shape index (κ1) is 27.1. The van der Waals surface area contributed by atoms with E-state index in [9.17, 15) is 23.1 Å². The number of benzene rings is 1. The molecule has 3 aliphatic rings. The van der Waals surface area contributed by atoms with Crippen molar-refractivity contribution in [2.24, 2.45) is 11.3 Å². The van der Waals surface area contributed by atoms with Crippen LogP contribution >= 0.6 is 0 Å². The van der Waals surface area contributed by atoms with Gasteiger partial charge in [0.2, 0.25) is 5.91 Å². The van der Waals surface area contributed by atoms with Crippen molar-refractivity contribution >= 4 is 5.91 Å². The molecule has 1 amide bonds. The van der Waals surface area contributed by atoms with E-state index in [0.29, 0.717) is 31.4 Å². The zero-order chi connectivity index (χ0) is 27.1. The minimum absolute atomic E-state index is 0.0769. The van der Waals surface area contributed by atoms with Crippen molar-refractivity contribution in [3.05, 3.63) is 65.0 Å². The molecule has 5 rings (SSSR count). The van der Waals surface area contributed by atoms with Crippen molar-refractivity contribution in [3.8, 4) is 0 Å². The molecule has 1 aliphatic heterocycles. The van der Waals surface area contributed by atoms with Gasteiger partial charge in [-0.15, -0.1) is 0 Å². The summed E-state index contributed by atoms with van der Waals surface area (Å²) in [6.07, 6.45) is 3.29. The van der Waals surface area contributed by atoms with Crippen molar-refractivity contribution in [2.45, 2.75) is 95.6 Å². The fourth-order valence-corrected chi connectivity index (χ4v) is 6.89. The topological polar surface area (TPSA) is 65.5 Å². The monoisotopic (exact) mass is 529 g/mol. The van der Waals surface area contributed by atoms with Crippen LogP contribution in [-0.2, 0) is 29.5 Å². The number of rotatable bonds is 5. The molecule has 2 saturated carbocycles. The minimum Gasteiger partial charge on any atom is -0.384 e. The van der Waals surface area contributed by atoms with Crippen molar-refractivity contribution in [1.82, 2.24) is 15.2 Å². The molecule has 0 unspecified atom stereocenters. The van der Waals surface area contributed by atoms with Gasteiger partial charge in [-0.05, 0) is 92.7 Å². The Hall–Kier alpha value is -2.45. The third kappa shape index (κ3) is 5.22. The zero-order valence-corrected chi connectivity index (χ0v) is 22.2. The summed E-state index contributed by atoms with van der Waals surface area (Å²) in [5.41, 5.74) is 0.178. The van der Waals surface area contributed by atoms with E-state index in [2.05, 4.69) is 24.1 Å². The SMILES string of the molecule is CC(C)[C@]1(C(=O)N2CCc3ccc(C(F)(F)F)cc3C2)CC[C@@H](NC2CCC(O)(c3ccccn3)CC2)C1. The van der Waals surface area contributed by atoms with E-state index in [1.165, 1.54) is 6.07 Å². The molecule has 2 aromatic rings. The van der Waals surface area contributed by atoms with E-state index in [1.54, 1.807) is 17.2 Å². The fourth-order valence-electron chi connectivity index (χ4n) is 6.89. The zero-order valence-electron chi connectivity index (χ0n) is 22.2. The lowest BCUT2D eigenvalue weighted by atomic mass is 9.73. The molecule has 2 fully saturated rings. The van der Waals surface area contributed by atoms with Gasteiger partial charge in [-0.25, -0.2) is 0 Å². The average Bonchev–Trinajstić information content (AvgIpc) is 3.34. The first-order valence-corrected chi connectivity index (χ1v) is 13.9. The number of nitrogens with zero attached hydrogens (tertiary/aromatic N) is 2. The quantitative estimate of drug-likeness (QED) is 0.529. The summed E-state index contributed by atoms with van der Waals surface area (Å²) in [4.78, 5) is 20.1. The predicted octanol–water partition coefficient (Wildman–Crippen LogP) is 5.60. The largest absolute Gasteiger partial charge is 0.416 e. The van der Waals surface area contributed by atoms with Crippen LogP contribution in [-0.4, -0.2) is 39.5 Å². The van der Waals surface area contributed by atoms with Crippen LogP contribution in [0.2, 0.25) is 0 Å². The summed E-state index contributed by atoms with van der Waals surface area (Å²) in [5, 5.41) is 14.9. The third-order valence-electron chi connectivity index (χ3n) is 9.34. The van der Waals surface area contributed by atoms with Gasteiger partial charge in [0.25, 0.3) is 0 Å². The van der Waals surface area contributed by atoms with Gasteiger partial charge in [-0.3, -0.25) is 9.78 Å². The molecule has 2 aliphatic carbocycles. The second-order valence-electron chi connectivity index (χ2n) is 11.9.